The van der Waals surface area contributed by atoms with Gasteiger partial charge < -0.3 is 10.4 Å². The topological polar surface area (TPSA) is 97.1 Å². The van der Waals surface area contributed by atoms with Gasteiger partial charge in [-0.15, -0.1) is 0 Å². The van der Waals surface area contributed by atoms with Crippen LogP contribution in [0.4, 0.5) is 13.2 Å². The van der Waals surface area contributed by atoms with Gasteiger partial charge in [0.15, 0.2) is 17.5 Å². The molecule has 7 nitrogen and oxygen atoms in total. The van der Waals surface area contributed by atoms with E-state index in [0.29, 0.717) is 38.1 Å². The van der Waals surface area contributed by atoms with Crippen LogP contribution in [0.1, 0.15) is 35.3 Å². The van der Waals surface area contributed by atoms with E-state index in [4.69, 9.17) is 33.4 Å². The zero-order valence-corrected chi connectivity index (χ0v) is 23.3. The molecule has 0 saturated heterocycles. The zero-order valence-electron chi connectivity index (χ0n) is 21.8. The molecule has 3 aromatic carbocycles. The van der Waals surface area contributed by atoms with Gasteiger partial charge in [-0.1, -0.05) is 41.4 Å². The average Bonchev–Trinajstić information content (AvgIpc) is 3.42. The molecule has 2 heterocycles. The maximum Gasteiger partial charge on any atom is 0.305 e. The predicted molar refractivity (Wildman–Crippen MR) is 153 cm³/mol. The van der Waals surface area contributed by atoms with E-state index in [9.17, 15) is 22.8 Å². The monoisotopic (exact) mass is 612 g/mol. The minimum atomic E-state index is -1.60. The second kappa shape index (κ2) is 11.8. The first kappa shape index (κ1) is 29.1. The summed E-state index contributed by atoms with van der Waals surface area (Å²) in [4.78, 5) is 27.2. The van der Waals surface area contributed by atoms with Gasteiger partial charge in [0.2, 0.25) is 0 Å². The molecule has 0 radical (unpaired) electrons. The van der Waals surface area contributed by atoms with Crippen LogP contribution in [0.5, 0.6) is 0 Å². The third-order valence-electron chi connectivity index (χ3n) is 6.70. The Morgan fingerprint density at radius 2 is 1.69 bits per heavy atom. The number of carbonyl (C=O) groups excluding carboxylic acids is 1. The first-order valence-corrected chi connectivity index (χ1v) is 13.4. The van der Waals surface area contributed by atoms with Crippen molar-refractivity contribution in [2.75, 3.05) is 6.54 Å². The van der Waals surface area contributed by atoms with Gasteiger partial charge >= 0.3 is 5.97 Å². The Bertz CT molecular complexity index is 1840. The molecule has 0 aliphatic carbocycles. The molecule has 0 bridgehead atoms. The number of hydrogen-bond acceptors (Lipinski definition) is 4. The molecular weight excluding hydrogens is 592 g/mol. The van der Waals surface area contributed by atoms with Gasteiger partial charge in [0.05, 0.1) is 33.9 Å². The van der Waals surface area contributed by atoms with Crippen molar-refractivity contribution in [3.05, 3.63) is 105 Å². The third kappa shape index (κ3) is 5.81. The average molecular weight is 613 g/mol. The summed E-state index contributed by atoms with van der Waals surface area (Å²) >= 11 is 12.3. The van der Waals surface area contributed by atoms with Crippen molar-refractivity contribution in [1.29, 1.82) is 0 Å². The lowest BCUT2D eigenvalue weighted by Crippen LogP contribution is -2.26. The summed E-state index contributed by atoms with van der Waals surface area (Å²) in [5.41, 5.74) is 3.02. The molecule has 214 valence electrons. The van der Waals surface area contributed by atoms with E-state index in [-0.39, 0.29) is 23.9 Å². The smallest absolute Gasteiger partial charge is 0.305 e. The van der Waals surface area contributed by atoms with Gasteiger partial charge in [-0.25, -0.2) is 13.2 Å². The molecule has 12 heteroatoms. The highest BCUT2D eigenvalue weighted by atomic mass is 35.5. The molecule has 0 fully saturated rings. The lowest BCUT2D eigenvalue weighted by atomic mass is 10.0. The summed E-state index contributed by atoms with van der Waals surface area (Å²) in [5.74, 6) is -5.72. The molecule has 5 aromatic rings. The number of amides is 1. The highest BCUT2D eigenvalue weighted by molar-refractivity contribution is 6.42. The summed E-state index contributed by atoms with van der Waals surface area (Å²) in [7, 11) is 0. The van der Waals surface area contributed by atoms with Crippen molar-refractivity contribution in [3.63, 3.8) is 0 Å². The van der Waals surface area contributed by atoms with E-state index in [1.807, 2.05) is 6.92 Å². The number of halogens is 5. The number of nitrogens with zero attached hydrogens (tertiary/aromatic N) is 3. The fourth-order valence-corrected chi connectivity index (χ4v) is 4.76. The van der Waals surface area contributed by atoms with Gasteiger partial charge in [-0.05, 0) is 55.0 Å². The van der Waals surface area contributed by atoms with E-state index in [1.165, 1.54) is 12.3 Å². The Balaban J connectivity index is 1.55. The molecule has 2 aromatic heterocycles. The summed E-state index contributed by atoms with van der Waals surface area (Å²) in [6, 6.07) is 15.5. The zero-order chi connectivity index (χ0) is 30.1. The van der Waals surface area contributed by atoms with Crippen LogP contribution in [0, 0.1) is 17.5 Å². The second-order valence-corrected chi connectivity index (χ2v) is 10.3. The fourth-order valence-electron chi connectivity index (χ4n) is 4.47. The second-order valence-electron chi connectivity index (χ2n) is 9.47. The van der Waals surface area contributed by atoms with Gasteiger partial charge in [-0.3, -0.25) is 19.3 Å². The summed E-state index contributed by atoms with van der Waals surface area (Å²) in [5, 5.41) is 16.9. The Morgan fingerprint density at radius 3 is 2.38 bits per heavy atom. The van der Waals surface area contributed by atoms with Crippen LogP contribution in [0.3, 0.4) is 0 Å². The lowest BCUT2D eigenvalue weighted by molar-refractivity contribution is -0.136. The highest BCUT2D eigenvalue weighted by Gasteiger charge is 2.21. The molecule has 1 unspecified atom stereocenters. The molecule has 5 rings (SSSR count). The predicted octanol–water partition coefficient (Wildman–Crippen LogP) is 7.30. The van der Waals surface area contributed by atoms with Crippen molar-refractivity contribution in [3.8, 4) is 22.5 Å². The first-order chi connectivity index (χ1) is 20.0. The number of fused-ring (bicyclic) bond motifs is 1. The highest BCUT2D eigenvalue weighted by Crippen LogP contribution is 2.34. The standard InChI is InChI=1S/C30H21Cl2F3N4O3/c1-15(16-2-4-17(5-3-16)30(42)36-9-8-26(40)41)39-25(13-24(38-39)18-6-7-21(31)22(32)11-18)20-10-19-12-23(33)27(34)28(35)29(19)37-14-20/h2-7,10-15H,8-9H2,1H3,(H,36,42)(H,40,41). The first-order valence-electron chi connectivity index (χ1n) is 12.6. The minimum Gasteiger partial charge on any atom is -0.481 e. The Hall–Kier alpha value is -4.41. The number of carboxylic acid groups (broad SMARTS) is 1. The van der Waals surface area contributed by atoms with Gasteiger partial charge in [-0.2, -0.15) is 5.10 Å². The number of rotatable bonds is 8. The lowest BCUT2D eigenvalue weighted by Gasteiger charge is -2.17. The molecule has 2 N–H and O–H groups in total. The van der Waals surface area contributed by atoms with Crippen LogP contribution >= 0.6 is 23.2 Å². The quantitative estimate of drug-likeness (QED) is 0.179. The Kier molecular flexibility index (Phi) is 8.20. The number of hydrogen-bond donors (Lipinski definition) is 2. The summed E-state index contributed by atoms with van der Waals surface area (Å²) < 4.78 is 43.8. The van der Waals surface area contributed by atoms with Crippen molar-refractivity contribution in [1.82, 2.24) is 20.1 Å². The van der Waals surface area contributed by atoms with Crippen LogP contribution in [0.25, 0.3) is 33.4 Å². The minimum absolute atomic E-state index is 0.000688. The third-order valence-corrected chi connectivity index (χ3v) is 7.44. The van der Waals surface area contributed by atoms with Gasteiger partial charge in [0.1, 0.15) is 5.52 Å². The van der Waals surface area contributed by atoms with Crippen LogP contribution in [-0.4, -0.2) is 38.3 Å². The number of benzene rings is 3. The summed E-state index contributed by atoms with van der Waals surface area (Å²) in [6.45, 7) is 1.88. The summed E-state index contributed by atoms with van der Waals surface area (Å²) in [6.07, 6.45) is 1.16. The molecule has 0 saturated carbocycles. The van der Waals surface area contributed by atoms with Gasteiger partial charge in [0, 0.05) is 34.8 Å². The molecule has 0 aliphatic heterocycles. The van der Waals surface area contributed by atoms with Gasteiger partial charge in [0.25, 0.3) is 5.91 Å². The number of carboxylic acids is 1. The van der Waals surface area contributed by atoms with Crippen molar-refractivity contribution in [2.45, 2.75) is 19.4 Å². The largest absolute Gasteiger partial charge is 0.481 e. The van der Waals surface area contributed by atoms with E-state index in [1.54, 1.807) is 53.2 Å². The number of carbonyl (C=O) groups is 2. The maximum atomic E-state index is 14.3. The van der Waals surface area contributed by atoms with Crippen LogP contribution in [0.15, 0.2) is 66.9 Å². The Labute approximate surface area is 247 Å². The van der Waals surface area contributed by atoms with Crippen molar-refractivity contribution >= 4 is 46.0 Å². The molecule has 1 atom stereocenters. The molecule has 0 aliphatic rings. The van der Waals surface area contributed by atoms with Crippen LogP contribution < -0.4 is 5.32 Å². The number of pyridine rings is 1. The van der Waals surface area contributed by atoms with Crippen molar-refractivity contribution in [2.24, 2.45) is 0 Å². The number of aliphatic carboxylic acids is 1. The van der Waals surface area contributed by atoms with E-state index < -0.39 is 35.4 Å². The SMILES string of the molecule is CC(c1ccc(C(=O)NCCC(=O)O)cc1)n1nc(-c2ccc(Cl)c(Cl)c2)cc1-c1cnc2c(F)c(F)c(F)cc2c1. The maximum absolute atomic E-state index is 14.3. The normalized spacial score (nSPS) is 12.0. The number of nitrogens with one attached hydrogen (secondary N) is 1. The van der Waals surface area contributed by atoms with Crippen molar-refractivity contribution < 1.29 is 27.9 Å². The fraction of sp³-hybridized carbons (Fsp3) is 0.133. The molecular formula is C30H21Cl2F3N4O3. The molecule has 42 heavy (non-hydrogen) atoms. The van der Waals surface area contributed by atoms with Crippen LogP contribution in [-0.2, 0) is 4.79 Å². The molecule has 1 amide bonds. The van der Waals surface area contributed by atoms with E-state index >= 15 is 0 Å². The van der Waals surface area contributed by atoms with Crippen LogP contribution in [0.2, 0.25) is 10.0 Å². The van der Waals surface area contributed by atoms with E-state index in [0.717, 1.165) is 11.6 Å². The Morgan fingerprint density at radius 1 is 0.952 bits per heavy atom. The molecule has 0 spiro atoms. The van der Waals surface area contributed by atoms with E-state index in [2.05, 4.69) is 10.3 Å². The number of aromatic nitrogens is 3.